The molecule has 0 aliphatic carbocycles. The zero-order valence-electron chi connectivity index (χ0n) is 16.7. The van der Waals surface area contributed by atoms with Crippen LogP contribution in [0.25, 0.3) is 0 Å². The number of ether oxygens (including phenoxy) is 1. The van der Waals surface area contributed by atoms with E-state index in [1.807, 2.05) is 70.2 Å². The van der Waals surface area contributed by atoms with Crippen LogP contribution < -0.4 is 15.0 Å². The van der Waals surface area contributed by atoms with Crippen molar-refractivity contribution in [2.45, 2.75) is 47.1 Å². The Morgan fingerprint density at radius 1 is 1.07 bits per heavy atom. The first kappa shape index (κ1) is 20.5. The summed E-state index contributed by atoms with van der Waals surface area (Å²) < 4.78 is 5.59. The number of carbonyl (C=O) groups excluding carboxylic acids is 2. The molecule has 0 aromatic heterocycles. The summed E-state index contributed by atoms with van der Waals surface area (Å²) in [5.41, 5.74) is 3.65. The monoisotopic (exact) mass is 368 g/mol. The summed E-state index contributed by atoms with van der Waals surface area (Å²) >= 11 is 0. The highest BCUT2D eigenvalue weighted by molar-refractivity contribution is 5.95. The van der Waals surface area contributed by atoms with E-state index < -0.39 is 0 Å². The number of carbonyl (C=O) groups is 2. The number of benzene rings is 2. The molecule has 0 radical (unpaired) electrons. The predicted molar refractivity (Wildman–Crippen MR) is 109 cm³/mol. The molecule has 0 spiro atoms. The van der Waals surface area contributed by atoms with Crippen molar-refractivity contribution in [3.05, 3.63) is 53.6 Å². The summed E-state index contributed by atoms with van der Waals surface area (Å²) in [5.74, 6) is 0.552. The Morgan fingerprint density at radius 2 is 1.74 bits per heavy atom. The van der Waals surface area contributed by atoms with E-state index in [1.54, 1.807) is 4.90 Å². The molecule has 2 rings (SSSR count). The van der Waals surface area contributed by atoms with Gasteiger partial charge in [0.15, 0.2) is 0 Å². The van der Waals surface area contributed by atoms with Crippen LogP contribution in [0.4, 0.5) is 11.4 Å². The van der Waals surface area contributed by atoms with Crippen molar-refractivity contribution >= 4 is 23.2 Å². The molecule has 0 bridgehead atoms. The number of nitrogens with one attached hydrogen (secondary N) is 1. The standard InChI is InChI=1S/C22H28N2O3/c1-15(2)27-20-10-8-19(9-11-20)23-22(26)12-13-24(18(5)25)21-14-16(3)6-7-17(21)4/h6-11,14-15H,12-13H2,1-5H3,(H,23,26). The lowest BCUT2D eigenvalue weighted by molar-refractivity contribution is -0.117. The first-order valence-electron chi connectivity index (χ1n) is 9.18. The minimum Gasteiger partial charge on any atom is -0.491 e. The van der Waals surface area contributed by atoms with Gasteiger partial charge in [0, 0.05) is 31.3 Å². The van der Waals surface area contributed by atoms with Gasteiger partial charge in [-0.25, -0.2) is 0 Å². The Balaban J connectivity index is 1.98. The Morgan fingerprint density at radius 3 is 2.33 bits per heavy atom. The van der Waals surface area contributed by atoms with Crippen LogP contribution in [0.1, 0.15) is 38.3 Å². The molecule has 0 aliphatic rings. The first-order valence-corrected chi connectivity index (χ1v) is 9.18. The predicted octanol–water partition coefficient (Wildman–Crippen LogP) is 4.47. The molecule has 5 nitrogen and oxygen atoms in total. The van der Waals surface area contributed by atoms with Crippen molar-refractivity contribution in [3.8, 4) is 5.75 Å². The Bertz CT molecular complexity index is 798. The average molecular weight is 368 g/mol. The molecule has 0 heterocycles. The Hall–Kier alpha value is -2.82. The third-order valence-electron chi connectivity index (χ3n) is 4.11. The second kappa shape index (κ2) is 9.21. The maximum absolute atomic E-state index is 12.3. The van der Waals surface area contributed by atoms with Crippen molar-refractivity contribution in [2.75, 3.05) is 16.8 Å². The molecule has 2 amide bonds. The van der Waals surface area contributed by atoms with E-state index in [0.29, 0.717) is 12.2 Å². The van der Waals surface area contributed by atoms with Crippen molar-refractivity contribution in [3.63, 3.8) is 0 Å². The van der Waals surface area contributed by atoms with Crippen LogP contribution in [0.2, 0.25) is 0 Å². The summed E-state index contributed by atoms with van der Waals surface area (Å²) in [5, 5.41) is 2.86. The van der Waals surface area contributed by atoms with Gasteiger partial charge in [0.1, 0.15) is 5.75 Å². The SMILES string of the molecule is CC(=O)N(CCC(=O)Nc1ccc(OC(C)C)cc1)c1cc(C)ccc1C. The van der Waals surface area contributed by atoms with Crippen LogP contribution in [0.5, 0.6) is 5.75 Å². The van der Waals surface area contributed by atoms with E-state index in [4.69, 9.17) is 4.74 Å². The Kier molecular flexibility index (Phi) is 6.99. The highest BCUT2D eigenvalue weighted by Crippen LogP contribution is 2.22. The molecule has 27 heavy (non-hydrogen) atoms. The van der Waals surface area contributed by atoms with Crippen LogP contribution in [0.3, 0.4) is 0 Å². The molecule has 144 valence electrons. The summed E-state index contributed by atoms with van der Waals surface area (Å²) in [6.45, 7) is 9.73. The molecule has 0 fully saturated rings. The molecule has 2 aromatic rings. The molecule has 5 heteroatoms. The Labute approximate surface area is 161 Å². The fourth-order valence-electron chi connectivity index (χ4n) is 2.78. The van der Waals surface area contributed by atoms with Gasteiger partial charge >= 0.3 is 0 Å². The second-order valence-corrected chi connectivity index (χ2v) is 6.95. The number of rotatable bonds is 7. The maximum atomic E-state index is 12.3. The third kappa shape index (κ3) is 6.13. The van der Waals surface area contributed by atoms with Crippen molar-refractivity contribution in [1.82, 2.24) is 0 Å². The number of anilines is 2. The molecule has 0 unspecified atom stereocenters. The van der Waals surface area contributed by atoms with Gasteiger partial charge in [0.2, 0.25) is 11.8 Å². The first-order chi connectivity index (χ1) is 12.8. The van der Waals surface area contributed by atoms with E-state index in [2.05, 4.69) is 5.32 Å². The molecule has 1 N–H and O–H groups in total. The lowest BCUT2D eigenvalue weighted by Gasteiger charge is -2.23. The molecule has 0 saturated carbocycles. The molecule has 2 aromatic carbocycles. The highest BCUT2D eigenvalue weighted by Gasteiger charge is 2.15. The molecular weight excluding hydrogens is 340 g/mol. The van der Waals surface area contributed by atoms with Crippen LogP contribution in [-0.2, 0) is 9.59 Å². The normalized spacial score (nSPS) is 10.6. The lowest BCUT2D eigenvalue weighted by Crippen LogP contribution is -2.32. The summed E-state index contributed by atoms with van der Waals surface area (Å²) in [6, 6.07) is 13.2. The molecule has 0 aliphatic heterocycles. The number of hydrogen-bond acceptors (Lipinski definition) is 3. The van der Waals surface area contributed by atoms with Crippen LogP contribution in [-0.4, -0.2) is 24.5 Å². The smallest absolute Gasteiger partial charge is 0.226 e. The van der Waals surface area contributed by atoms with Crippen molar-refractivity contribution in [1.29, 1.82) is 0 Å². The minimum atomic E-state index is -0.135. The number of amides is 2. The topological polar surface area (TPSA) is 58.6 Å². The van der Waals surface area contributed by atoms with E-state index in [0.717, 1.165) is 22.6 Å². The number of hydrogen-bond donors (Lipinski definition) is 1. The van der Waals surface area contributed by atoms with Crippen LogP contribution >= 0.6 is 0 Å². The number of aryl methyl sites for hydroxylation is 2. The van der Waals surface area contributed by atoms with E-state index in [1.165, 1.54) is 6.92 Å². The fraction of sp³-hybridized carbons (Fsp3) is 0.364. The van der Waals surface area contributed by atoms with Gasteiger partial charge < -0.3 is 15.0 Å². The van der Waals surface area contributed by atoms with Gasteiger partial charge in [-0.05, 0) is 69.2 Å². The maximum Gasteiger partial charge on any atom is 0.226 e. The lowest BCUT2D eigenvalue weighted by atomic mass is 10.1. The third-order valence-corrected chi connectivity index (χ3v) is 4.11. The van der Waals surface area contributed by atoms with Gasteiger partial charge in [0.05, 0.1) is 6.10 Å². The fourth-order valence-corrected chi connectivity index (χ4v) is 2.78. The average Bonchev–Trinajstić information content (AvgIpc) is 2.59. The van der Waals surface area contributed by atoms with E-state index in [9.17, 15) is 9.59 Å². The van der Waals surface area contributed by atoms with Gasteiger partial charge in [-0.3, -0.25) is 9.59 Å². The van der Waals surface area contributed by atoms with Gasteiger partial charge in [-0.15, -0.1) is 0 Å². The minimum absolute atomic E-state index is 0.0771. The summed E-state index contributed by atoms with van der Waals surface area (Å²) in [7, 11) is 0. The second-order valence-electron chi connectivity index (χ2n) is 6.95. The van der Waals surface area contributed by atoms with Crippen molar-refractivity contribution in [2.24, 2.45) is 0 Å². The zero-order valence-corrected chi connectivity index (χ0v) is 16.7. The molecular formula is C22H28N2O3. The van der Waals surface area contributed by atoms with Gasteiger partial charge in [-0.2, -0.15) is 0 Å². The molecule has 0 atom stereocenters. The summed E-state index contributed by atoms with van der Waals surface area (Å²) in [6.07, 6.45) is 0.324. The summed E-state index contributed by atoms with van der Waals surface area (Å²) in [4.78, 5) is 26.0. The van der Waals surface area contributed by atoms with E-state index >= 15 is 0 Å². The van der Waals surface area contributed by atoms with Gasteiger partial charge in [-0.1, -0.05) is 12.1 Å². The molecule has 0 saturated heterocycles. The van der Waals surface area contributed by atoms with Crippen LogP contribution in [0.15, 0.2) is 42.5 Å². The van der Waals surface area contributed by atoms with Crippen LogP contribution in [0, 0.1) is 13.8 Å². The van der Waals surface area contributed by atoms with Gasteiger partial charge in [0.25, 0.3) is 0 Å². The number of nitrogens with zero attached hydrogens (tertiary/aromatic N) is 1. The van der Waals surface area contributed by atoms with Crippen molar-refractivity contribution < 1.29 is 14.3 Å². The largest absolute Gasteiger partial charge is 0.491 e. The quantitative estimate of drug-likeness (QED) is 0.784. The highest BCUT2D eigenvalue weighted by atomic mass is 16.5. The van der Waals surface area contributed by atoms with E-state index in [-0.39, 0.29) is 24.3 Å². The zero-order chi connectivity index (χ0) is 20.0.